The van der Waals surface area contributed by atoms with Crippen LogP contribution in [0.3, 0.4) is 0 Å². The summed E-state index contributed by atoms with van der Waals surface area (Å²) in [6.45, 7) is 1.86. The monoisotopic (exact) mass is 211 g/mol. The highest BCUT2D eigenvalue weighted by molar-refractivity contribution is 7.99. The number of aryl methyl sites for hydroxylation is 1. The van der Waals surface area contributed by atoms with E-state index in [4.69, 9.17) is 0 Å². The summed E-state index contributed by atoms with van der Waals surface area (Å²) in [5.41, 5.74) is -0.000556. The van der Waals surface area contributed by atoms with E-state index in [0.29, 0.717) is 5.82 Å². The van der Waals surface area contributed by atoms with Gasteiger partial charge in [0.2, 0.25) is 0 Å². The number of thioether (sulfide) groups is 1. The smallest absolute Gasteiger partial charge is 0.293 e. The number of hydrogen-bond donors (Lipinski definition) is 0. The Kier molecular flexibility index (Phi) is 2.77. The zero-order valence-electron chi connectivity index (χ0n) is 8.14. The molecule has 4 nitrogen and oxygen atoms in total. The predicted octanol–water partition coefficient (Wildman–Crippen LogP) is 0.333. The molecule has 0 spiro atoms. The summed E-state index contributed by atoms with van der Waals surface area (Å²) in [6.07, 6.45) is 3.36. The van der Waals surface area contributed by atoms with Crippen LogP contribution >= 0.6 is 11.8 Å². The number of aromatic nitrogens is 2. The van der Waals surface area contributed by atoms with Crippen LogP contribution in [0.5, 0.6) is 0 Å². The normalized spacial score (nSPS) is 17.1. The molecule has 1 aromatic rings. The lowest BCUT2D eigenvalue weighted by Crippen LogP contribution is -2.38. The molecule has 0 radical (unpaired) electrons. The molecule has 0 amide bonds. The van der Waals surface area contributed by atoms with E-state index >= 15 is 0 Å². The molecule has 1 saturated heterocycles. The highest BCUT2D eigenvalue weighted by Gasteiger charge is 2.15. The molecular weight excluding hydrogens is 198 g/mol. The Hall–Kier alpha value is -0.970. The number of hydrogen-bond acceptors (Lipinski definition) is 4. The summed E-state index contributed by atoms with van der Waals surface area (Å²) in [5, 5.41) is 0. The van der Waals surface area contributed by atoms with Crippen LogP contribution in [-0.2, 0) is 7.05 Å². The maximum Gasteiger partial charge on any atom is 0.293 e. The zero-order valence-corrected chi connectivity index (χ0v) is 8.96. The first-order valence-electron chi connectivity index (χ1n) is 4.63. The van der Waals surface area contributed by atoms with Gasteiger partial charge < -0.3 is 9.47 Å². The fourth-order valence-electron chi connectivity index (χ4n) is 1.48. The predicted molar refractivity (Wildman–Crippen MR) is 59.0 cm³/mol. The van der Waals surface area contributed by atoms with Gasteiger partial charge in [-0.15, -0.1) is 0 Å². The third-order valence-electron chi connectivity index (χ3n) is 2.31. The average molecular weight is 211 g/mol. The molecule has 0 aliphatic carbocycles. The van der Waals surface area contributed by atoms with Crippen molar-refractivity contribution in [2.75, 3.05) is 29.5 Å². The van der Waals surface area contributed by atoms with Crippen LogP contribution in [0.2, 0.25) is 0 Å². The van der Waals surface area contributed by atoms with E-state index in [1.165, 1.54) is 0 Å². The Morgan fingerprint density at radius 1 is 1.43 bits per heavy atom. The second kappa shape index (κ2) is 4.04. The van der Waals surface area contributed by atoms with Gasteiger partial charge in [0.25, 0.3) is 5.56 Å². The Bertz CT molecular complexity index is 371. The largest absolute Gasteiger partial charge is 0.350 e. The van der Waals surface area contributed by atoms with Crippen LogP contribution in [0.1, 0.15) is 0 Å². The van der Waals surface area contributed by atoms with E-state index in [2.05, 4.69) is 9.88 Å². The minimum Gasteiger partial charge on any atom is -0.350 e. The van der Waals surface area contributed by atoms with Gasteiger partial charge in [-0.25, -0.2) is 4.98 Å². The van der Waals surface area contributed by atoms with Crippen molar-refractivity contribution in [2.24, 2.45) is 7.05 Å². The van der Waals surface area contributed by atoms with Gasteiger partial charge in [-0.2, -0.15) is 11.8 Å². The molecule has 14 heavy (non-hydrogen) atoms. The first kappa shape index (κ1) is 9.58. The quantitative estimate of drug-likeness (QED) is 0.671. The first-order valence-corrected chi connectivity index (χ1v) is 5.79. The molecule has 1 aliphatic heterocycles. The van der Waals surface area contributed by atoms with Crippen LogP contribution in [-0.4, -0.2) is 34.1 Å². The fourth-order valence-corrected chi connectivity index (χ4v) is 2.38. The van der Waals surface area contributed by atoms with E-state index in [0.717, 1.165) is 24.6 Å². The maximum absolute atomic E-state index is 11.7. The van der Waals surface area contributed by atoms with E-state index in [9.17, 15) is 4.79 Å². The van der Waals surface area contributed by atoms with Crippen molar-refractivity contribution in [3.63, 3.8) is 0 Å². The SMILES string of the molecule is Cn1ccnc(N2CCSCC2)c1=O. The molecule has 0 atom stereocenters. The first-order chi connectivity index (χ1) is 6.79. The second-order valence-electron chi connectivity index (χ2n) is 3.27. The topological polar surface area (TPSA) is 38.1 Å². The van der Waals surface area contributed by atoms with Crippen molar-refractivity contribution < 1.29 is 0 Å². The molecule has 0 bridgehead atoms. The van der Waals surface area contributed by atoms with Crippen LogP contribution < -0.4 is 10.5 Å². The van der Waals surface area contributed by atoms with Crippen molar-refractivity contribution in [3.8, 4) is 0 Å². The summed E-state index contributed by atoms with van der Waals surface area (Å²) in [7, 11) is 1.76. The van der Waals surface area contributed by atoms with Gasteiger partial charge in [-0.3, -0.25) is 4.79 Å². The molecule has 1 aliphatic rings. The minimum atomic E-state index is -0.000556. The summed E-state index contributed by atoms with van der Waals surface area (Å²) in [5.74, 6) is 2.76. The van der Waals surface area contributed by atoms with E-state index in [1.54, 1.807) is 24.0 Å². The Morgan fingerprint density at radius 3 is 2.86 bits per heavy atom. The van der Waals surface area contributed by atoms with Crippen molar-refractivity contribution in [3.05, 3.63) is 22.7 Å². The summed E-state index contributed by atoms with van der Waals surface area (Å²) < 4.78 is 1.57. The summed E-state index contributed by atoms with van der Waals surface area (Å²) >= 11 is 1.93. The van der Waals surface area contributed by atoms with Gasteiger partial charge in [-0.1, -0.05) is 0 Å². The summed E-state index contributed by atoms with van der Waals surface area (Å²) in [6, 6.07) is 0. The Balaban J connectivity index is 2.31. The molecular formula is C9H13N3OS. The van der Waals surface area contributed by atoms with Crippen LogP contribution in [0, 0.1) is 0 Å². The van der Waals surface area contributed by atoms with E-state index in [-0.39, 0.29) is 5.56 Å². The molecule has 0 unspecified atom stereocenters. The van der Waals surface area contributed by atoms with Crippen molar-refractivity contribution in [1.82, 2.24) is 9.55 Å². The van der Waals surface area contributed by atoms with Crippen LogP contribution in [0.25, 0.3) is 0 Å². The van der Waals surface area contributed by atoms with Gasteiger partial charge in [0.05, 0.1) is 0 Å². The lowest BCUT2D eigenvalue weighted by atomic mass is 10.4. The fraction of sp³-hybridized carbons (Fsp3) is 0.556. The molecule has 1 aromatic heterocycles. The third kappa shape index (κ3) is 1.77. The van der Waals surface area contributed by atoms with Gasteiger partial charge in [0.15, 0.2) is 5.82 Å². The van der Waals surface area contributed by atoms with Gasteiger partial charge in [-0.05, 0) is 0 Å². The molecule has 0 aromatic carbocycles. The third-order valence-corrected chi connectivity index (χ3v) is 3.25. The Labute approximate surface area is 86.9 Å². The average Bonchev–Trinajstić information content (AvgIpc) is 2.23. The standard InChI is InChI=1S/C9H13N3OS/c1-11-3-2-10-8(9(11)13)12-4-6-14-7-5-12/h2-3H,4-7H2,1H3. The molecule has 2 rings (SSSR count). The van der Waals surface area contributed by atoms with Crippen molar-refractivity contribution in [1.29, 1.82) is 0 Å². The van der Waals surface area contributed by atoms with Crippen molar-refractivity contribution >= 4 is 17.6 Å². The zero-order chi connectivity index (χ0) is 9.97. The van der Waals surface area contributed by atoms with Gasteiger partial charge in [0.1, 0.15) is 0 Å². The number of nitrogens with zero attached hydrogens (tertiary/aromatic N) is 3. The lowest BCUT2D eigenvalue weighted by molar-refractivity contribution is 0.780. The van der Waals surface area contributed by atoms with Crippen LogP contribution in [0.15, 0.2) is 17.2 Å². The maximum atomic E-state index is 11.7. The van der Waals surface area contributed by atoms with Gasteiger partial charge >= 0.3 is 0 Å². The molecule has 0 N–H and O–H groups in total. The van der Waals surface area contributed by atoms with Gasteiger partial charge in [0, 0.05) is 44.0 Å². The molecule has 1 fully saturated rings. The minimum absolute atomic E-state index is 0.000556. The molecule has 76 valence electrons. The molecule has 2 heterocycles. The number of anilines is 1. The van der Waals surface area contributed by atoms with E-state index < -0.39 is 0 Å². The Morgan fingerprint density at radius 2 is 2.14 bits per heavy atom. The lowest BCUT2D eigenvalue weighted by Gasteiger charge is -2.26. The highest BCUT2D eigenvalue weighted by atomic mass is 32.2. The van der Waals surface area contributed by atoms with E-state index in [1.807, 2.05) is 11.8 Å². The molecule has 5 heteroatoms. The molecule has 0 saturated carbocycles. The van der Waals surface area contributed by atoms with Crippen LogP contribution in [0.4, 0.5) is 5.82 Å². The second-order valence-corrected chi connectivity index (χ2v) is 4.49. The summed E-state index contributed by atoms with van der Waals surface area (Å²) in [4.78, 5) is 17.9. The highest BCUT2D eigenvalue weighted by Crippen LogP contribution is 2.12. The number of rotatable bonds is 1. The van der Waals surface area contributed by atoms with Crippen molar-refractivity contribution in [2.45, 2.75) is 0 Å².